The van der Waals surface area contributed by atoms with Gasteiger partial charge in [-0.15, -0.1) is 22.7 Å². The van der Waals surface area contributed by atoms with Crippen molar-refractivity contribution in [3.05, 3.63) is 39.0 Å². The molecule has 0 aliphatic heterocycles. The van der Waals surface area contributed by atoms with Crippen molar-refractivity contribution in [2.24, 2.45) is 0 Å². The Hall–Kier alpha value is -1.20. The van der Waals surface area contributed by atoms with Crippen molar-refractivity contribution in [2.75, 3.05) is 0 Å². The number of nitrogens with one attached hydrogen (secondary N) is 1. The maximum absolute atomic E-state index is 12.2. The highest BCUT2D eigenvalue weighted by Gasteiger charge is 2.39. The van der Waals surface area contributed by atoms with E-state index in [-0.39, 0.29) is 11.4 Å². The Kier molecular flexibility index (Phi) is 3.66. The molecule has 0 aromatic carbocycles. The predicted molar refractivity (Wildman–Crippen MR) is 78.4 cm³/mol. The van der Waals surface area contributed by atoms with E-state index in [2.05, 4.69) is 10.3 Å². The van der Waals surface area contributed by atoms with Crippen LogP contribution in [0.25, 0.3) is 0 Å². The number of amides is 1. The normalized spacial score (nSPS) is 17.5. The molecule has 1 saturated carbocycles. The average Bonchev–Trinajstić information content (AvgIpc) is 3.11. The third-order valence-electron chi connectivity index (χ3n) is 3.59. The molecule has 2 aromatic rings. The van der Waals surface area contributed by atoms with Gasteiger partial charge in [0.05, 0.1) is 12.0 Å². The van der Waals surface area contributed by atoms with E-state index in [9.17, 15) is 4.79 Å². The van der Waals surface area contributed by atoms with Gasteiger partial charge in [0.25, 0.3) is 0 Å². The molecule has 0 saturated heterocycles. The Labute approximate surface area is 120 Å². The molecule has 1 aliphatic carbocycles. The van der Waals surface area contributed by atoms with E-state index >= 15 is 0 Å². The summed E-state index contributed by atoms with van der Waals surface area (Å²) in [5, 5.41) is 8.30. The largest absolute Gasteiger partial charge is 0.344 e. The van der Waals surface area contributed by atoms with E-state index in [0.717, 1.165) is 22.7 Å². The maximum Gasteiger partial charge on any atom is 0.226 e. The van der Waals surface area contributed by atoms with Crippen molar-refractivity contribution in [3.63, 3.8) is 0 Å². The summed E-state index contributed by atoms with van der Waals surface area (Å²) in [5.74, 6) is 0.111. The fourth-order valence-corrected chi connectivity index (χ4v) is 4.27. The number of thiophene rings is 1. The fraction of sp³-hybridized carbons (Fsp3) is 0.429. The first-order valence-electron chi connectivity index (χ1n) is 6.52. The lowest BCUT2D eigenvalue weighted by Crippen LogP contribution is -2.44. The van der Waals surface area contributed by atoms with Crippen LogP contribution in [0.3, 0.4) is 0 Å². The summed E-state index contributed by atoms with van der Waals surface area (Å²) in [6.45, 7) is 0. The summed E-state index contributed by atoms with van der Waals surface area (Å²) in [6, 6.07) is 3.99. The smallest absolute Gasteiger partial charge is 0.226 e. The van der Waals surface area contributed by atoms with Crippen molar-refractivity contribution in [1.29, 1.82) is 0 Å². The van der Waals surface area contributed by atoms with Crippen LogP contribution in [0.2, 0.25) is 0 Å². The standard InChI is InChI=1S/C14H16N2OS2/c17-12(10-11-4-3-8-18-11)16-14(5-1-2-6-14)13-15-7-9-19-13/h3-4,7-9H,1-2,5-6,10H2,(H,16,17). The SMILES string of the molecule is O=C(Cc1cccs1)NC1(c2nccs2)CCCC1. The summed E-state index contributed by atoms with van der Waals surface area (Å²) in [7, 11) is 0. The van der Waals surface area contributed by atoms with Crippen LogP contribution in [0, 0.1) is 0 Å². The number of thiazole rings is 1. The molecule has 1 fully saturated rings. The third-order valence-corrected chi connectivity index (χ3v) is 5.45. The van der Waals surface area contributed by atoms with Gasteiger partial charge in [-0.25, -0.2) is 4.98 Å². The number of hydrogen-bond acceptors (Lipinski definition) is 4. The summed E-state index contributed by atoms with van der Waals surface area (Å²) < 4.78 is 0. The van der Waals surface area contributed by atoms with Gasteiger partial charge in [0.15, 0.2) is 0 Å². The zero-order chi connectivity index (χ0) is 13.1. The van der Waals surface area contributed by atoms with Crippen LogP contribution in [-0.4, -0.2) is 10.9 Å². The molecule has 3 nitrogen and oxygen atoms in total. The van der Waals surface area contributed by atoms with E-state index < -0.39 is 0 Å². The van der Waals surface area contributed by atoms with Crippen LogP contribution < -0.4 is 5.32 Å². The second-order valence-corrected chi connectivity index (χ2v) is 6.86. The Morgan fingerprint density at radius 3 is 2.79 bits per heavy atom. The number of carbonyl (C=O) groups excluding carboxylic acids is 1. The highest BCUT2D eigenvalue weighted by Crippen LogP contribution is 2.39. The van der Waals surface area contributed by atoms with E-state index in [1.54, 1.807) is 22.7 Å². The van der Waals surface area contributed by atoms with Gasteiger partial charge in [0.2, 0.25) is 5.91 Å². The minimum absolute atomic E-state index is 0.111. The molecule has 1 aliphatic rings. The maximum atomic E-state index is 12.2. The molecular weight excluding hydrogens is 276 g/mol. The molecule has 1 N–H and O–H groups in total. The van der Waals surface area contributed by atoms with Gasteiger partial charge >= 0.3 is 0 Å². The highest BCUT2D eigenvalue weighted by atomic mass is 32.1. The van der Waals surface area contributed by atoms with Crippen molar-refractivity contribution < 1.29 is 4.79 Å². The molecule has 19 heavy (non-hydrogen) atoms. The van der Waals surface area contributed by atoms with Gasteiger partial charge < -0.3 is 5.32 Å². The first kappa shape index (κ1) is 12.8. The van der Waals surface area contributed by atoms with Crippen LogP contribution in [0.15, 0.2) is 29.1 Å². The first-order valence-corrected chi connectivity index (χ1v) is 8.28. The Balaban J connectivity index is 1.73. The number of nitrogens with zero attached hydrogens (tertiary/aromatic N) is 1. The minimum Gasteiger partial charge on any atom is -0.344 e. The topological polar surface area (TPSA) is 42.0 Å². The van der Waals surface area contributed by atoms with Gasteiger partial charge in [-0.1, -0.05) is 18.9 Å². The quantitative estimate of drug-likeness (QED) is 0.939. The van der Waals surface area contributed by atoms with Crippen molar-refractivity contribution in [3.8, 4) is 0 Å². The summed E-state index contributed by atoms with van der Waals surface area (Å²) in [4.78, 5) is 17.8. The van der Waals surface area contributed by atoms with Crippen molar-refractivity contribution in [1.82, 2.24) is 10.3 Å². The zero-order valence-corrected chi connectivity index (χ0v) is 12.2. The van der Waals surface area contributed by atoms with Gasteiger partial charge in [-0.05, 0) is 24.3 Å². The monoisotopic (exact) mass is 292 g/mol. The van der Waals surface area contributed by atoms with Gasteiger partial charge in [-0.2, -0.15) is 0 Å². The number of hydrogen-bond donors (Lipinski definition) is 1. The fourth-order valence-electron chi connectivity index (χ4n) is 2.71. The molecule has 0 bridgehead atoms. The van der Waals surface area contributed by atoms with E-state index in [4.69, 9.17) is 0 Å². The zero-order valence-electron chi connectivity index (χ0n) is 10.6. The molecule has 100 valence electrons. The molecule has 0 unspecified atom stereocenters. The second kappa shape index (κ2) is 5.43. The van der Waals surface area contributed by atoms with E-state index in [1.807, 2.05) is 29.1 Å². The van der Waals surface area contributed by atoms with Crippen LogP contribution in [0.1, 0.15) is 35.6 Å². The number of aromatic nitrogens is 1. The van der Waals surface area contributed by atoms with Crippen molar-refractivity contribution >= 4 is 28.6 Å². The third kappa shape index (κ3) is 2.72. The molecule has 2 heterocycles. The minimum atomic E-state index is -0.206. The number of carbonyl (C=O) groups is 1. The predicted octanol–water partition coefficient (Wildman–Crippen LogP) is 3.33. The van der Waals surface area contributed by atoms with Crippen LogP contribution in [0.5, 0.6) is 0 Å². The van der Waals surface area contributed by atoms with E-state index in [1.165, 1.54) is 12.8 Å². The molecule has 0 atom stereocenters. The molecule has 0 spiro atoms. The lowest BCUT2D eigenvalue weighted by Gasteiger charge is -2.28. The van der Waals surface area contributed by atoms with Crippen LogP contribution >= 0.6 is 22.7 Å². The lowest BCUT2D eigenvalue weighted by atomic mass is 9.98. The Morgan fingerprint density at radius 2 is 2.16 bits per heavy atom. The highest BCUT2D eigenvalue weighted by molar-refractivity contribution is 7.10. The average molecular weight is 292 g/mol. The molecular formula is C14H16N2OS2. The molecule has 3 rings (SSSR count). The molecule has 2 aromatic heterocycles. The molecule has 0 radical (unpaired) electrons. The molecule has 5 heteroatoms. The van der Waals surface area contributed by atoms with Gasteiger partial charge in [-0.3, -0.25) is 4.79 Å². The van der Waals surface area contributed by atoms with Crippen LogP contribution in [0.4, 0.5) is 0 Å². The van der Waals surface area contributed by atoms with E-state index in [0.29, 0.717) is 6.42 Å². The Bertz CT molecular complexity index is 528. The second-order valence-electron chi connectivity index (χ2n) is 4.93. The lowest BCUT2D eigenvalue weighted by molar-refractivity contribution is -0.122. The summed E-state index contributed by atoms with van der Waals surface area (Å²) >= 11 is 3.28. The first-order chi connectivity index (χ1) is 9.28. The van der Waals surface area contributed by atoms with Gasteiger partial charge in [0, 0.05) is 16.5 Å². The van der Waals surface area contributed by atoms with Crippen molar-refractivity contribution in [2.45, 2.75) is 37.6 Å². The Morgan fingerprint density at radius 1 is 1.32 bits per heavy atom. The van der Waals surface area contributed by atoms with Gasteiger partial charge in [0.1, 0.15) is 5.01 Å². The molecule has 1 amide bonds. The number of rotatable bonds is 4. The summed E-state index contributed by atoms with van der Waals surface area (Å²) in [5.41, 5.74) is -0.206. The summed E-state index contributed by atoms with van der Waals surface area (Å²) in [6.07, 6.45) is 6.65. The van der Waals surface area contributed by atoms with Crippen LogP contribution in [-0.2, 0) is 16.8 Å².